The molecule has 0 aromatic rings. The van der Waals surface area contributed by atoms with Gasteiger partial charge in [0.2, 0.25) is 0 Å². The van der Waals surface area contributed by atoms with Gasteiger partial charge in [0.15, 0.2) is 0 Å². The highest BCUT2D eigenvalue weighted by atomic mass is 14.6. The van der Waals surface area contributed by atoms with Crippen LogP contribution in [0.15, 0.2) is 12.2 Å². The second-order valence-electron chi connectivity index (χ2n) is 8.65. The second-order valence-corrected chi connectivity index (χ2v) is 8.65. The van der Waals surface area contributed by atoms with Gasteiger partial charge in [0.25, 0.3) is 0 Å². The Morgan fingerprint density at radius 1 is 0.947 bits per heavy atom. The summed E-state index contributed by atoms with van der Waals surface area (Å²) in [6, 6.07) is 0. The van der Waals surface area contributed by atoms with Crippen molar-refractivity contribution >= 4 is 0 Å². The first-order valence-electron chi connectivity index (χ1n) is 8.80. The summed E-state index contributed by atoms with van der Waals surface area (Å²) in [6.45, 7) is 5.25. The summed E-state index contributed by atoms with van der Waals surface area (Å²) >= 11 is 0. The Balaban J connectivity index is 1.66. The van der Waals surface area contributed by atoms with E-state index in [9.17, 15) is 0 Å². The van der Waals surface area contributed by atoms with Gasteiger partial charge in [-0.3, -0.25) is 0 Å². The van der Waals surface area contributed by atoms with Gasteiger partial charge in [-0.2, -0.15) is 0 Å². The van der Waals surface area contributed by atoms with Crippen LogP contribution in [-0.2, 0) is 0 Å². The number of rotatable bonds is 0. The van der Waals surface area contributed by atoms with Crippen LogP contribution in [0.4, 0.5) is 0 Å². The number of allylic oxidation sites excluding steroid dienone is 2. The molecule has 19 heavy (non-hydrogen) atoms. The minimum absolute atomic E-state index is 0.638. The lowest BCUT2D eigenvalue weighted by atomic mass is 9.45. The summed E-state index contributed by atoms with van der Waals surface area (Å²) in [5.74, 6) is 4.06. The van der Waals surface area contributed by atoms with Crippen molar-refractivity contribution < 1.29 is 0 Å². The van der Waals surface area contributed by atoms with Gasteiger partial charge in [0.1, 0.15) is 0 Å². The van der Waals surface area contributed by atoms with E-state index in [0.29, 0.717) is 10.8 Å². The van der Waals surface area contributed by atoms with E-state index in [2.05, 4.69) is 26.0 Å². The number of fused-ring (bicyclic) bond motifs is 5. The normalized spacial score (nSPS) is 56.3. The van der Waals surface area contributed by atoms with Crippen molar-refractivity contribution in [3.05, 3.63) is 12.2 Å². The van der Waals surface area contributed by atoms with Gasteiger partial charge in [0.05, 0.1) is 0 Å². The molecule has 0 amide bonds. The molecule has 3 saturated carbocycles. The molecule has 1 unspecified atom stereocenters. The van der Waals surface area contributed by atoms with Gasteiger partial charge in [-0.25, -0.2) is 0 Å². The molecular weight excluding hydrogens is 228 g/mol. The van der Waals surface area contributed by atoms with Crippen LogP contribution < -0.4 is 0 Å². The zero-order valence-corrected chi connectivity index (χ0v) is 12.8. The lowest BCUT2D eigenvalue weighted by Crippen LogP contribution is -2.51. The average Bonchev–Trinajstić information content (AvgIpc) is 2.79. The fourth-order valence-electron chi connectivity index (χ4n) is 6.72. The molecule has 0 heteroatoms. The van der Waals surface area contributed by atoms with Crippen LogP contribution in [0.1, 0.15) is 71.6 Å². The molecule has 0 nitrogen and oxygen atoms in total. The summed E-state index contributed by atoms with van der Waals surface area (Å²) in [7, 11) is 0. The maximum Gasteiger partial charge on any atom is -0.0145 e. The van der Waals surface area contributed by atoms with E-state index in [1.54, 1.807) is 0 Å². The first-order valence-corrected chi connectivity index (χ1v) is 8.80. The number of hydrogen-bond acceptors (Lipinski definition) is 0. The highest BCUT2D eigenvalue weighted by Crippen LogP contribution is 2.64. The standard InChI is InChI=1S/C19H30/c1-18-11-5-7-16(18)15-9-8-14-6-3-4-12-19(14,2)17(15)10-13-18/h5,7,14-17H,3-4,6,8-13H2,1-2H3/t14?,15-,16+,17-,18-,19-/m0/s1. The lowest BCUT2D eigenvalue weighted by molar-refractivity contribution is -0.0953. The Morgan fingerprint density at radius 2 is 1.84 bits per heavy atom. The van der Waals surface area contributed by atoms with E-state index in [1.165, 1.54) is 57.8 Å². The highest BCUT2D eigenvalue weighted by Gasteiger charge is 2.56. The van der Waals surface area contributed by atoms with Crippen molar-refractivity contribution in [2.24, 2.45) is 34.5 Å². The molecule has 3 fully saturated rings. The quantitative estimate of drug-likeness (QED) is 0.497. The fourth-order valence-corrected chi connectivity index (χ4v) is 6.72. The molecule has 0 heterocycles. The molecule has 0 saturated heterocycles. The first kappa shape index (κ1) is 12.5. The molecule has 4 rings (SSSR count). The van der Waals surface area contributed by atoms with Crippen LogP contribution >= 0.6 is 0 Å². The van der Waals surface area contributed by atoms with Crippen molar-refractivity contribution in [3.8, 4) is 0 Å². The van der Waals surface area contributed by atoms with Crippen LogP contribution in [0.5, 0.6) is 0 Å². The molecular formula is C19H30. The summed E-state index contributed by atoms with van der Waals surface area (Å²) in [6.07, 6.45) is 18.7. The first-order chi connectivity index (χ1) is 9.13. The third-order valence-corrected chi connectivity index (χ3v) is 7.88. The molecule has 0 spiro atoms. The fraction of sp³-hybridized carbons (Fsp3) is 0.895. The van der Waals surface area contributed by atoms with Crippen molar-refractivity contribution in [1.29, 1.82) is 0 Å². The van der Waals surface area contributed by atoms with Gasteiger partial charge in [-0.15, -0.1) is 0 Å². The minimum atomic E-state index is 0.638. The summed E-state index contributed by atoms with van der Waals surface area (Å²) in [4.78, 5) is 0. The predicted molar refractivity (Wildman–Crippen MR) is 80.9 cm³/mol. The zero-order valence-electron chi connectivity index (χ0n) is 12.8. The van der Waals surface area contributed by atoms with E-state index >= 15 is 0 Å². The molecule has 0 aromatic carbocycles. The van der Waals surface area contributed by atoms with E-state index < -0.39 is 0 Å². The summed E-state index contributed by atoms with van der Waals surface area (Å²) in [5.41, 5.74) is 1.35. The Morgan fingerprint density at radius 3 is 2.74 bits per heavy atom. The molecule has 0 radical (unpaired) electrons. The molecule has 0 bridgehead atoms. The molecule has 4 aliphatic carbocycles. The largest absolute Gasteiger partial charge is 0.0877 e. The topological polar surface area (TPSA) is 0 Å². The molecule has 0 aromatic heterocycles. The molecule has 6 atom stereocenters. The van der Waals surface area contributed by atoms with E-state index in [-0.39, 0.29) is 0 Å². The van der Waals surface area contributed by atoms with E-state index in [1.807, 2.05) is 0 Å². The number of hydrogen-bond donors (Lipinski definition) is 0. The molecule has 0 N–H and O–H groups in total. The van der Waals surface area contributed by atoms with Crippen LogP contribution in [0.25, 0.3) is 0 Å². The Hall–Kier alpha value is -0.260. The third kappa shape index (κ3) is 1.64. The Labute approximate surface area is 119 Å². The summed E-state index contributed by atoms with van der Waals surface area (Å²) in [5, 5.41) is 0. The molecule has 4 aliphatic rings. The van der Waals surface area contributed by atoms with Gasteiger partial charge in [-0.05, 0) is 79.4 Å². The molecule has 0 aliphatic heterocycles. The van der Waals surface area contributed by atoms with Crippen molar-refractivity contribution in [3.63, 3.8) is 0 Å². The Kier molecular flexibility index (Phi) is 2.71. The molecule has 106 valence electrons. The summed E-state index contributed by atoms with van der Waals surface area (Å²) < 4.78 is 0. The van der Waals surface area contributed by atoms with E-state index in [4.69, 9.17) is 0 Å². The van der Waals surface area contributed by atoms with E-state index in [0.717, 1.165) is 23.7 Å². The van der Waals surface area contributed by atoms with Crippen LogP contribution in [-0.4, -0.2) is 0 Å². The van der Waals surface area contributed by atoms with Crippen LogP contribution in [0, 0.1) is 34.5 Å². The lowest BCUT2D eigenvalue weighted by Gasteiger charge is -2.59. The monoisotopic (exact) mass is 258 g/mol. The Bertz CT molecular complexity index is 395. The van der Waals surface area contributed by atoms with Gasteiger partial charge in [0, 0.05) is 0 Å². The maximum atomic E-state index is 2.68. The predicted octanol–water partition coefficient (Wildman–Crippen LogP) is 5.59. The van der Waals surface area contributed by atoms with Crippen molar-refractivity contribution in [2.75, 3.05) is 0 Å². The smallest absolute Gasteiger partial charge is 0.0145 e. The average molecular weight is 258 g/mol. The highest BCUT2D eigenvalue weighted by molar-refractivity contribution is 5.15. The van der Waals surface area contributed by atoms with Crippen molar-refractivity contribution in [1.82, 2.24) is 0 Å². The van der Waals surface area contributed by atoms with Gasteiger partial charge >= 0.3 is 0 Å². The second kappa shape index (κ2) is 4.12. The zero-order chi connectivity index (χ0) is 13.1. The maximum absolute atomic E-state index is 2.68. The van der Waals surface area contributed by atoms with Crippen molar-refractivity contribution in [2.45, 2.75) is 71.6 Å². The van der Waals surface area contributed by atoms with Crippen LogP contribution in [0.3, 0.4) is 0 Å². The SMILES string of the molecule is C[C@@]12CC=C[C@@H]1[C@@H]1CCC3CCCC[C@]3(C)[C@H]1CC2. The minimum Gasteiger partial charge on any atom is -0.0877 e. The van der Waals surface area contributed by atoms with Crippen LogP contribution in [0.2, 0.25) is 0 Å². The van der Waals surface area contributed by atoms with Gasteiger partial charge < -0.3 is 0 Å². The third-order valence-electron chi connectivity index (χ3n) is 7.88. The van der Waals surface area contributed by atoms with Gasteiger partial charge in [-0.1, -0.05) is 38.8 Å².